The molecular formula is C12H21NOS. The van der Waals surface area contributed by atoms with Crippen molar-refractivity contribution >= 4 is 11.3 Å². The van der Waals surface area contributed by atoms with Crippen molar-refractivity contribution in [3.63, 3.8) is 0 Å². The Hall–Kier alpha value is -0.380. The summed E-state index contributed by atoms with van der Waals surface area (Å²) >= 11 is 1.85. The summed E-state index contributed by atoms with van der Waals surface area (Å²) in [6.45, 7) is 9.37. The molecule has 0 saturated heterocycles. The van der Waals surface area contributed by atoms with E-state index in [1.165, 1.54) is 9.75 Å². The number of hydrogen-bond acceptors (Lipinski definition) is 3. The third kappa shape index (κ3) is 3.93. The molecule has 0 amide bonds. The summed E-state index contributed by atoms with van der Waals surface area (Å²) in [6.07, 6.45) is 0. The molecule has 0 saturated carbocycles. The molecule has 1 unspecified atom stereocenters. The first-order valence-electron chi connectivity index (χ1n) is 5.29. The SMILES string of the molecule is COC(C)(C)CNC(C)c1ccc(C)s1. The highest BCUT2D eigenvalue weighted by Gasteiger charge is 2.17. The summed E-state index contributed by atoms with van der Waals surface area (Å²) in [5.74, 6) is 0. The molecule has 1 atom stereocenters. The van der Waals surface area contributed by atoms with Crippen LogP contribution < -0.4 is 5.32 Å². The molecule has 0 fully saturated rings. The first-order valence-corrected chi connectivity index (χ1v) is 6.11. The van der Waals surface area contributed by atoms with Crippen LogP contribution >= 0.6 is 11.3 Å². The molecule has 0 aliphatic rings. The standard InChI is InChI=1S/C12H21NOS/c1-9-6-7-11(15-9)10(2)13-8-12(3,4)14-5/h6-7,10,13H,8H2,1-5H3. The summed E-state index contributed by atoms with van der Waals surface area (Å²) in [6, 6.07) is 4.76. The summed E-state index contributed by atoms with van der Waals surface area (Å²) in [5.41, 5.74) is -0.0967. The predicted molar refractivity (Wildman–Crippen MR) is 66.6 cm³/mol. The van der Waals surface area contributed by atoms with Crippen LogP contribution in [0.2, 0.25) is 0 Å². The van der Waals surface area contributed by atoms with Crippen molar-refractivity contribution in [2.75, 3.05) is 13.7 Å². The fourth-order valence-electron chi connectivity index (χ4n) is 1.26. The van der Waals surface area contributed by atoms with Crippen LogP contribution in [0.4, 0.5) is 0 Å². The first kappa shape index (κ1) is 12.7. The van der Waals surface area contributed by atoms with Crippen LogP contribution in [-0.4, -0.2) is 19.3 Å². The van der Waals surface area contributed by atoms with Gasteiger partial charge >= 0.3 is 0 Å². The van der Waals surface area contributed by atoms with Crippen LogP contribution in [0.25, 0.3) is 0 Å². The molecule has 3 heteroatoms. The summed E-state index contributed by atoms with van der Waals surface area (Å²) in [7, 11) is 1.75. The van der Waals surface area contributed by atoms with Gasteiger partial charge in [0.15, 0.2) is 0 Å². The van der Waals surface area contributed by atoms with E-state index in [9.17, 15) is 0 Å². The van der Waals surface area contributed by atoms with Crippen LogP contribution in [-0.2, 0) is 4.74 Å². The minimum atomic E-state index is -0.0967. The molecule has 1 heterocycles. The third-order valence-corrected chi connectivity index (χ3v) is 3.76. The van der Waals surface area contributed by atoms with E-state index in [4.69, 9.17) is 4.74 Å². The molecule has 1 rings (SSSR count). The van der Waals surface area contributed by atoms with E-state index >= 15 is 0 Å². The molecule has 0 aromatic carbocycles. The summed E-state index contributed by atoms with van der Waals surface area (Å²) < 4.78 is 5.37. The molecule has 0 aliphatic carbocycles. The maximum atomic E-state index is 5.37. The molecule has 1 aromatic rings. The van der Waals surface area contributed by atoms with Crippen molar-refractivity contribution in [1.29, 1.82) is 0 Å². The molecular weight excluding hydrogens is 206 g/mol. The Morgan fingerprint density at radius 3 is 2.60 bits per heavy atom. The Morgan fingerprint density at radius 2 is 2.13 bits per heavy atom. The molecule has 2 nitrogen and oxygen atoms in total. The zero-order valence-corrected chi connectivity index (χ0v) is 11.1. The van der Waals surface area contributed by atoms with Crippen molar-refractivity contribution in [3.8, 4) is 0 Å². The number of ether oxygens (including phenoxy) is 1. The fraction of sp³-hybridized carbons (Fsp3) is 0.667. The van der Waals surface area contributed by atoms with Gasteiger partial charge in [-0.2, -0.15) is 0 Å². The van der Waals surface area contributed by atoms with E-state index in [1.54, 1.807) is 7.11 Å². The Balaban J connectivity index is 2.46. The zero-order chi connectivity index (χ0) is 11.5. The summed E-state index contributed by atoms with van der Waals surface area (Å²) in [5, 5.41) is 3.49. The number of nitrogens with one attached hydrogen (secondary N) is 1. The van der Waals surface area contributed by atoms with Crippen LogP contribution in [0.5, 0.6) is 0 Å². The van der Waals surface area contributed by atoms with Crippen LogP contribution in [0, 0.1) is 6.92 Å². The average Bonchev–Trinajstić information content (AvgIpc) is 2.61. The van der Waals surface area contributed by atoms with Crippen LogP contribution in [0.3, 0.4) is 0 Å². The topological polar surface area (TPSA) is 21.3 Å². The van der Waals surface area contributed by atoms with Gasteiger partial charge in [-0.1, -0.05) is 0 Å². The van der Waals surface area contributed by atoms with Gasteiger partial charge in [0, 0.05) is 29.5 Å². The van der Waals surface area contributed by atoms with Crippen molar-refractivity contribution < 1.29 is 4.74 Å². The molecule has 0 spiro atoms. The minimum Gasteiger partial charge on any atom is -0.377 e. The quantitative estimate of drug-likeness (QED) is 0.834. The van der Waals surface area contributed by atoms with Gasteiger partial charge in [0.05, 0.1) is 5.60 Å². The normalized spacial score (nSPS) is 14.2. The second kappa shape index (κ2) is 5.10. The highest BCUT2D eigenvalue weighted by molar-refractivity contribution is 7.12. The molecule has 0 bridgehead atoms. The van der Waals surface area contributed by atoms with Gasteiger partial charge < -0.3 is 10.1 Å². The van der Waals surface area contributed by atoms with E-state index in [0.29, 0.717) is 6.04 Å². The second-order valence-corrected chi connectivity index (χ2v) is 5.83. The lowest BCUT2D eigenvalue weighted by molar-refractivity contribution is 0.0215. The Labute approximate surface area is 96.7 Å². The molecule has 86 valence electrons. The smallest absolute Gasteiger partial charge is 0.0746 e. The van der Waals surface area contributed by atoms with Crippen molar-refractivity contribution in [2.24, 2.45) is 0 Å². The highest BCUT2D eigenvalue weighted by atomic mass is 32.1. The number of thiophene rings is 1. The van der Waals surface area contributed by atoms with Crippen molar-refractivity contribution in [3.05, 3.63) is 21.9 Å². The minimum absolute atomic E-state index is 0.0967. The van der Waals surface area contributed by atoms with Crippen molar-refractivity contribution in [2.45, 2.75) is 39.3 Å². The Kier molecular flexibility index (Phi) is 4.32. The average molecular weight is 227 g/mol. The van der Waals surface area contributed by atoms with Crippen molar-refractivity contribution in [1.82, 2.24) is 5.32 Å². The Bertz CT molecular complexity index is 306. The monoisotopic (exact) mass is 227 g/mol. The molecule has 0 radical (unpaired) electrons. The lowest BCUT2D eigenvalue weighted by Crippen LogP contribution is -2.37. The second-order valence-electron chi connectivity index (χ2n) is 4.51. The van der Waals surface area contributed by atoms with E-state index in [0.717, 1.165) is 6.54 Å². The van der Waals surface area contributed by atoms with Gasteiger partial charge in [-0.05, 0) is 39.8 Å². The molecule has 0 aliphatic heterocycles. The largest absolute Gasteiger partial charge is 0.377 e. The highest BCUT2D eigenvalue weighted by Crippen LogP contribution is 2.22. The third-order valence-electron chi connectivity index (χ3n) is 2.57. The van der Waals surface area contributed by atoms with Crippen LogP contribution in [0.15, 0.2) is 12.1 Å². The zero-order valence-electron chi connectivity index (χ0n) is 10.3. The van der Waals surface area contributed by atoms with Gasteiger partial charge in [-0.15, -0.1) is 11.3 Å². The molecule has 15 heavy (non-hydrogen) atoms. The molecule has 1 aromatic heterocycles. The van der Waals surface area contributed by atoms with E-state index in [-0.39, 0.29) is 5.60 Å². The lowest BCUT2D eigenvalue weighted by atomic mass is 10.1. The maximum absolute atomic E-state index is 5.37. The van der Waals surface area contributed by atoms with Gasteiger partial charge in [-0.3, -0.25) is 0 Å². The Morgan fingerprint density at radius 1 is 1.47 bits per heavy atom. The predicted octanol–water partition coefficient (Wildman–Crippen LogP) is 3.13. The number of methoxy groups -OCH3 is 1. The van der Waals surface area contributed by atoms with E-state index in [2.05, 4.69) is 45.1 Å². The lowest BCUT2D eigenvalue weighted by Gasteiger charge is -2.25. The van der Waals surface area contributed by atoms with Gasteiger partial charge in [-0.25, -0.2) is 0 Å². The van der Waals surface area contributed by atoms with Gasteiger partial charge in [0.25, 0.3) is 0 Å². The number of hydrogen-bond donors (Lipinski definition) is 1. The fourth-order valence-corrected chi connectivity index (χ4v) is 2.16. The number of aryl methyl sites for hydroxylation is 1. The number of rotatable bonds is 5. The van der Waals surface area contributed by atoms with Gasteiger partial charge in [0.1, 0.15) is 0 Å². The first-order chi connectivity index (χ1) is 6.94. The summed E-state index contributed by atoms with van der Waals surface area (Å²) in [4.78, 5) is 2.75. The van der Waals surface area contributed by atoms with E-state index in [1.807, 2.05) is 11.3 Å². The van der Waals surface area contributed by atoms with Crippen LogP contribution in [0.1, 0.15) is 36.6 Å². The van der Waals surface area contributed by atoms with Gasteiger partial charge in [0.2, 0.25) is 0 Å². The van der Waals surface area contributed by atoms with E-state index < -0.39 is 0 Å². The molecule has 1 N–H and O–H groups in total. The maximum Gasteiger partial charge on any atom is 0.0746 e.